The number of carbonyl (C=O) groups is 4. The molecule has 3 aromatic rings. The second-order valence-electron chi connectivity index (χ2n) is 10.1. The zero-order valence-electron chi connectivity index (χ0n) is 23.9. The molecule has 5 rings (SSSR count). The number of nitrogens with one attached hydrogen (secondary N) is 2. The maximum absolute atomic E-state index is 12.7. The number of rotatable bonds is 5. The van der Waals surface area contributed by atoms with Crippen LogP contribution in [0.1, 0.15) is 23.2 Å². The standard InChI is InChI=1S/C25H27N5O2.2C2HF3O2/c31-23(21-8-7-19-4-1-2-5-20(19)16-21)27-12-15-29-13-9-25(10-14-29)24(32)28-18-30(25)22-6-3-11-26-17-22;2*3-2(4,5)1(6)7/h1-8,11,16-17H,9-10,12-15,18H2,(H,27,31)(H,28,32);2*(H,6,7). The average molecular weight is 658 g/mol. The summed E-state index contributed by atoms with van der Waals surface area (Å²) in [5, 5.41) is 22.5. The molecular weight excluding hydrogens is 628 g/mol. The number of halogens is 6. The van der Waals surface area contributed by atoms with Crippen LogP contribution >= 0.6 is 0 Å². The third-order valence-corrected chi connectivity index (χ3v) is 7.19. The molecule has 1 spiro atoms. The van der Waals surface area contributed by atoms with E-state index >= 15 is 0 Å². The summed E-state index contributed by atoms with van der Waals surface area (Å²) in [4.78, 5) is 51.8. The highest BCUT2D eigenvalue weighted by atomic mass is 19.4. The summed E-state index contributed by atoms with van der Waals surface area (Å²) in [5.41, 5.74) is 1.14. The van der Waals surface area contributed by atoms with Crippen LogP contribution in [-0.4, -0.2) is 94.6 Å². The van der Waals surface area contributed by atoms with Crippen LogP contribution in [-0.2, 0) is 14.4 Å². The Labute approximate surface area is 257 Å². The molecule has 248 valence electrons. The van der Waals surface area contributed by atoms with Gasteiger partial charge in [0, 0.05) is 37.9 Å². The minimum Gasteiger partial charge on any atom is -0.475 e. The number of aromatic nitrogens is 1. The maximum Gasteiger partial charge on any atom is 0.490 e. The molecule has 0 atom stereocenters. The maximum atomic E-state index is 12.7. The quantitative estimate of drug-likeness (QED) is 0.302. The summed E-state index contributed by atoms with van der Waals surface area (Å²) in [6.07, 6.45) is -5.09. The smallest absolute Gasteiger partial charge is 0.475 e. The van der Waals surface area contributed by atoms with E-state index in [0.29, 0.717) is 18.8 Å². The number of piperidine rings is 1. The van der Waals surface area contributed by atoms with Crippen LogP contribution in [0.15, 0.2) is 67.0 Å². The number of pyridine rings is 1. The second-order valence-corrected chi connectivity index (χ2v) is 10.1. The number of fused-ring (bicyclic) bond motifs is 1. The highest BCUT2D eigenvalue weighted by Crippen LogP contribution is 2.35. The fraction of sp³-hybridized carbons (Fsp3) is 0.345. The van der Waals surface area contributed by atoms with Gasteiger partial charge in [-0.2, -0.15) is 26.3 Å². The summed E-state index contributed by atoms with van der Waals surface area (Å²) in [6, 6.07) is 17.7. The molecule has 2 amide bonds. The lowest BCUT2D eigenvalue weighted by Gasteiger charge is -2.43. The van der Waals surface area contributed by atoms with E-state index in [-0.39, 0.29) is 11.8 Å². The Morgan fingerprint density at radius 1 is 0.891 bits per heavy atom. The van der Waals surface area contributed by atoms with E-state index in [1.54, 1.807) is 6.20 Å². The van der Waals surface area contributed by atoms with E-state index in [1.165, 1.54) is 0 Å². The van der Waals surface area contributed by atoms with Crippen molar-refractivity contribution < 1.29 is 55.7 Å². The number of likely N-dealkylation sites (tertiary alicyclic amines) is 1. The Morgan fingerprint density at radius 2 is 1.48 bits per heavy atom. The summed E-state index contributed by atoms with van der Waals surface area (Å²) in [5.74, 6) is -5.47. The lowest BCUT2D eigenvalue weighted by molar-refractivity contribution is -0.193. The Bertz CT molecular complexity index is 1500. The van der Waals surface area contributed by atoms with Crippen molar-refractivity contribution in [2.75, 3.05) is 37.7 Å². The molecule has 0 unspecified atom stereocenters. The normalized spacial score (nSPS) is 16.0. The zero-order valence-corrected chi connectivity index (χ0v) is 23.9. The first kappa shape index (κ1) is 35.5. The van der Waals surface area contributed by atoms with Crippen molar-refractivity contribution >= 4 is 40.2 Å². The van der Waals surface area contributed by atoms with Gasteiger partial charge in [0.05, 0.1) is 18.6 Å². The average Bonchev–Trinajstić information content (AvgIpc) is 3.32. The molecule has 0 radical (unpaired) electrons. The number of alkyl halides is 6. The van der Waals surface area contributed by atoms with Gasteiger partial charge < -0.3 is 30.6 Å². The van der Waals surface area contributed by atoms with E-state index in [4.69, 9.17) is 19.8 Å². The number of nitrogens with zero attached hydrogens (tertiary/aromatic N) is 3. The molecule has 2 aliphatic rings. The van der Waals surface area contributed by atoms with Gasteiger partial charge in [0.2, 0.25) is 5.91 Å². The SMILES string of the molecule is O=C(NCCN1CCC2(CC1)C(=O)NCN2c1cccnc1)c1ccc2ccccc2c1.O=C(O)C(F)(F)F.O=C(O)C(F)(F)F. The summed E-state index contributed by atoms with van der Waals surface area (Å²) >= 11 is 0. The van der Waals surface area contributed by atoms with Crippen LogP contribution in [0.5, 0.6) is 0 Å². The van der Waals surface area contributed by atoms with Crippen LogP contribution < -0.4 is 15.5 Å². The van der Waals surface area contributed by atoms with Gasteiger partial charge in [0.25, 0.3) is 5.91 Å². The molecule has 17 heteroatoms. The van der Waals surface area contributed by atoms with E-state index in [9.17, 15) is 35.9 Å². The van der Waals surface area contributed by atoms with Crippen molar-refractivity contribution in [3.63, 3.8) is 0 Å². The van der Waals surface area contributed by atoms with Crippen LogP contribution in [0.3, 0.4) is 0 Å². The highest BCUT2D eigenvalue weighted by Gasteiger charge is 2.50. The number of carbonyl (C=O) groups excluding carboxylic acids is 2. The van der Waals surface area contributed by atoms with E-state index in [0.717, 1.165) is 48.9 Å². The number of hydrogen-bond donors (Lipinski definition) is 4. The largest absolute Gasteiger partial charge is 0.490 e. The second kappa shape index (κ2) is 14.9. The Hall–Kier alpha value is -4.93. The first-order chi connectivity index (χ1) is 21.5. The molecule has 0 aliphatic carbocycles. The van der Waals surface area contributed by atoms with Crippen LogP contribution in [0.25, 0.3) is 10.8 Å². The van der Waals surface area contributed by atoms with Crippen LogP contribution in [0.2, 0.25) is 0 Å². The number of anilines is 1. The number of benzene rings is 2. The molecule has 0 saturated carbocycles. The van der Waals surface area contributed by atoms with Gasteiger partial charge in [-0.25, -0.2) is 9.59 Å². The van der Waals surface area contributed by atoms with Gasteiger partial charge in [-0.05, 0) is 47.9 Å². The first-order valence-corrected chi connectivity index (χ1v) is 13.6. The number of amides is 2. The summed E-state index contributed by atoms with van der Waals surface area (Å²) in [7, 11) is 0. The molecule has 3 heterocycles. The number of carboxylic acid groups (broad SMARTS) is 2. The van der Waals surface area contributed by atoms with Gasteiger partial charge >= 0.3 is 24.3 Å². The molecule has 2 aromatic carbocycles. The predicted octanol–water partition coefficient (Wildman–Crippen LogP) is 3.66. The van der Waals surface area contributed by atoms with Crippen molar-refractivity contribution in [3.8, 4) is 0 Å². The summed E-state index contributed by atoms with van der Waals surface area (Å²) < 4.78 is 63.5. The van der Waals surface area contributed by atoms with Crippen molar-refractivity contribution in [2.45, 2.75) is 30.7 Å². The van der Waals surface area contributed by atoms with Crippen molar-refractivity contribution in [2.24, 2.45) is 0 Å². The minimum atomic E-state index is -5.08. The lowest BCUT2D eigenvalue weighted by Crippen LogP contribution is -2.57. The third kappa shape index (κ3) is 9.29. The predicted molar refractivity (Wildman–Crippen MR) is 152 cm³/mol. The lowest BCUT2D eigenvalue weighted by atomic mass is 9.85. The van der Waals surface area contributed by atoms with Gasteiger partial charge in [0.15, 0.2) is 0 Å². The van der Waals surface area contributed by atoms with Gasteiger partial charge in [0.1, 0.15) is 5.54 Å². The molecule has 4 N–H and O–H groups in total. The van der Waals surface area contributed by atoms with Crippen LogP contribution in [0, 0.1) is 0 Å². The van der Waals surface area contributed by atoms with Gasteiger partial charge in [-0.3, -0.25) is 14.6 Å². The molecular formula is C29H29F6N5O6. The monoisotopic (exact) mass is 657 g/mol. The first-order valence-electron chi connectivity index (χ1n) is 13.6. The summed E-state index contributed by atoms with van der Waals surface area (Å²) in [6.45, 7) is 3.50. The zero-order chi connectivity index (χ0) is 34.1. The topological polar surface area (TPSA) is 152 Å². The Kier molecular flexibility index (Phi) is 11.5. The molecule has 2 aliphatic heterocycles. The third-order valence-electron chi connectivity index (χ3n) is 7.19. The van der Waals surface area contributed by atoms with Crippen LogP contribution in [0.4, 0.5) is 32.0 Å². The number of hydrogen-bond acceptors (Lipinski definition) is 7. The molecule has 2 fully saturated rings. The van der Waals surface area contributed by atoms with Crippen molar-refractivity contribution in [1.29, 1.82) is 0 Å². The number of aliphatic carboxylic acids is 2. The van der Waals surface area contributed by atoms with Crippen molar-refractivity contribution in [1.82, 2.24) is 20.5 Å². The van der Waals surface area contributed by atoms with Gasteiger partial charge in [-0.15, -0.1) is 0 Å². The molecule has 11 nitrogen and oxygen atoms in total. The molecule has 46 heavy (non-hydrogen) atoms. The fourth-order valence-corrected chi connectivity index (χ4v) is 4.84. The highest BCUT2D eigenvalue weighted by molar-refractivity contribution is 5.98. The van der Waals surface area contributed by atoms with E-state index in [1.807, 2.05) is 60.8 Å². The Balaban J connectivity index is 0.000000345. The van der Waals surface area contributed by atoms with Gasteiger partial charge in [-0.1, -0.05) is 30.3 Å². The minimum absolute atomic E-state index is 0.0536. The fourth-order valence-electron chi connectivity index (χ4n) is 4.84. The molecule has 1 aromatic heterocycles. The molecule has 2 saturated heterocycles. The van der Waals surface area contributed by atoms with E-state index < -0.39 is 29.8 Å². The van der Waals surface area contributed by atoms with E-state index in [2.05, 4.69) is 25.4 Å². The molecule has 0 bridgehead atoms. The Morgan fingerprint density at radius 3 is 2.02 bits per heavy atom. The number of carboxylic acids is 2. The van der Waals surface area contributed by atoms with Crippen molar-refractivity contribution in [3.05, 3.63) is 72.6 Å².